The number of likely N-dealkylation sites (N-methyl/N-ethyl adjacent to an activating group) is 1. The Morgan fingerprint density at radius 3 is 2.71 bits per heavy atom. The van der Waals surface area contributed by atoms with Gasteiger partial charge in [-0.3, -0.25) is 9.69 Å². The molecule has 0 aliphatic carbocycles. The molecule has 1 aromatic carbocycles. The van der Waals surface area contributed by atoms with Gasteiger partial charge in [0, 0.05) is 25.2 Å². The fourth-order valence-corrected chi connectivity index (χ4v) is 3.12. The van der Waals surface area contributed by atoms with Crippen LogP contribution in [0.4, 0.5) is 13.2 Å². The Morgan fingerprint density at radius 1 is 1.29 bits per heavy atom. The second-order valence-corrected chi connectivity index (χ2v) is 6.16. The minimum absolute atomic E-state index is 0.0182. The highest BCUT2D eigenvalue weighted by atomic mass is 19.4. The van der Waals surface area contributed by atoms with Crippen molar-refractivity contribution in [2.24, 2.45) is 7.05 Å². The number of nitrogens with one attached hydrogen (secondary N) is 1. The molecule has 1 aromatic heterocycles. The number of aryl methyl sites for hydroxylation is 1. The van der Waals surface area contributed by atoms with Crippen LogP contribution in [0.2, 0.25) is 0 Å². The topological polar surface area (TPSA) is 63.1 Å². The van der Waals surface area contributed by atoms with Crippen LogP contribution >= 0.6 is 0 Å². The summed E-state index contributed by atoms with van der Waals surface area (Å²) in [7, 11) is 3.16. The first-order chi connectivity index (χ1) is 11.3. The third kappa shape index (κ3) is 3.21. The van der Waals surface area contributed by atoms with Gasteiger partial charge in [0.1, 0.15) is 11.6 Å². The van der Waals surface area contributed by atoms with Crippen molar-refractivity contribution >= 4 is 16.9 Å². The maximum absolute atomic E-state index is 12.9. The number of likely N-dealkylation sites (tertiary alicyclic amines) is 1. The van der Waals surface area contributed by atoms with Gasteiger partial charge in [-0.2, -0.15) is 13.2 Å². The van der Waals surface area contributed by atoms with Crippen molar-refractivity contribution in [3.8, 4) is 0 Å². The van der Waals surface area contributed by atoms with Crippen LogP contribution < -0.4 is 5.32 Å². The smallest absolute Gasteiger partial charge is 0.348 e. The van der Waals surface area contributed by atoms with Crippen LogP contribution in [0.15, 0.2) is 18.2 Å². The second-order valence-electron chi connectivity index (χ2n) is 6.16. The Labute approximate surface area is 136 Å². The number of alkyl halides is 3. The molecule has 1 amide bonds. The molecule has 2 aromatic rings. The summed E-state index contributed by atoms with van der Waals surface area (Å²) in [6.07, 6.45) is -3.95. The molecule has 6 nitrogen and oxygen atoms in total. The number of hydrogen-bond donors (Lipinski definition) is 1. The predicted octanol–water partition coefficient (Wildman–Crippen LogP) is 1.72. The fraction of sp³-hybridized carbons (Fsp3) is 0.533. The molecule has 3 rings (SSSR count). The Balaban J connectivity index is 1.67. The van der Waals surface area contributed by atoms with Crippen LogP contribution in [0.25, 0.3) is 11.0 Å². The summed E-state index contributed by atoms with van der Waals surface area (Å²) in [6, 6.07) is 3.26. The van der Waals surface area contributed by atoms with Crippen LogP contribution in [-0.2, 0) is 7.05 Å². The summed E-state index contributed by atoms with van der Waals surface area (Å²) in [5, 5.41) is 10.6. The maximum atomic E-state index is 12.9. The predicted molar refractivity (Wildman–Crippen MR) is 81.5 cm³/mol. The highest BCUT2D eigenvalue weighted by Crippen LogP contribution is 2.30. The number of piperidine rings is 1. The lowest BCUT2D eigenvalue weighted by Crippen LogP contribution is -2.54. The number of aromatic nitrogens is 3. The van der Waals surface area contributed by atoms with E-state index in [1.165, 1.54) is 11.9 Å². The number of carbonyl (C=O) groups is 1. The molecule has 130 valence electrons. The molecular formula is C15H18F3N5O. The molecule has 1 fully saturated rings. The van der Waals surface area contributed by atoms with Crippen molar-refractivity contribution in [2.45, 2.75) is 31.1 Å². The monoisotopic (exact) mass is 341 g/mol. The van der Waals surface area contributed by atoms with Crippen LogP contribution in [0.1, 0.15) is 23.2 Å². The molecule has 24 heavy (non-hydrogen) atoms. The molecule has 2 heterocycles. The van der Waals surface area contributed by atoms with Crippen molar-refractivity contribution in [1.82, 2.24) is 25.2 Å². The summed E-state index contributed by atoms with van der Waals surface area (Å²) >= 11 is 0. The number of benzene rings is 1. The lowest BCUT2D eigenvalue weighted by Gasteiger charge is -2.38. The van der Waals surface area contributed by atoms with Crippen LogP contribution in [0, 0.1) is 0 Å². The van der Waals surface area contributed by atoms with Gasteiger partial charge < -0.3 is 5.32 Å². The fourth-order valence-electron chi connectivity index (χ4n) is 3.12. The van der Waals surface area contributed by atoms with Crippen molar-refractivity contribution in [1.29, 1.82) is 0 Å². The molecule has 0 saturated carbocycles. The van der Waals surface area contributed by atoms with Gasteiger partial charge in [-0.15, -0.1) is 5.10 Å². The third-order valence-electron chi connectivity index (χ3n) is 4.41. The molecule has 0 bridgehead atoms. The van der Waals surface area contributed by atoms with Gasteiger partial charge in [0.05, 0.1) is 5.52 Å². The van der Waals surface area contributed by atoms with E-state index in [9.17, 15) is 18.0 Å². The van der Waals surface area contributed by atoms with E-state index in [1.807, 2.05) is 0 Å². The van der Waals surface area contributed by atoms with E-state index in [0.717, 1.165) is 5.52 Å². The zero-order chi connectivity index (χ0) is 17.5. The maximum Gasteiger partial charge on any atom is 0.404 e. The van der Waals surface area contributed by atoms with Crippen molar-refractivity contribution in [3.63, 3.8) is 0 Å². The molecule has 0 unspecified atom stereocenters. The molecule has 2 atom stereocenters. The quantitative estimate of drug-likeness (QED) is 0.904. The van der Waals surface area contributed by atoms with Crippen LogP contribution in [-0.4, -0.2) is 57.7 Å². The highest BCUT2D eigenvalue weighted by molar-refractivity contribution is 5.97. The first-order valence-electron chi connectivity index (χ1n) is 7.63. The molecule has 1 aliphatic heterocycles. The largest absolute Gasteiger partial charge is 0.404 e. The van der Waals surface area contributed by atoms with Crippen molar-refractivity contribution in [2.75, 3.05) is 13.6 Å². The number of hydrogen-bond acceptors (Lipinski definition) is 4. The number of rotatable bonds is 2. The zero-order valence-corrected chi connectivity index (χ0v) is 13.3. The van der Waals surface area contributed by atoms with E-state index in [2.05, 4.69) is 15.6 Å². The van der Waals surface area contributed by atoms with E-state index >= 15 is 0 Å². The number of halogens is 3. The van der Waals surface area contributed by atoms with Gasteiger partial charge in [0.25, 0.3) is 5.91 Å². The Hall–Kier alpha value is -2.16. The lowest BCUT2D eigenvalue weighted by molar-refractivity contribution is -0.188. The summed E-state index contributed by atoms with van der Waals surface area (Å²) in [5.41, 5.74) is 1.84. The minimum atomic E-state index is -4.23. The van der Waals surface area contributed by atoms with E-state index in [4.69, 9.17) is 0 Å². The SMILES string of the molecule is CN1C[C@@H](NC(=O)c2ccc3nnn(C)c3c2)CC[C@@H]1C(F)(F)F. The van der Waals surface area contributed by atoms with Gasteiger partial charge in [0.15, 0.2) is 0 Å². The minimum Gasteiger partial charge on any atom is -0.348 e. The Kier molecular flexibility index (Phi) is 4.20. The number of nitrogens with zero attached hydrogens (tertiary/aromatic N) is 4. The van der Waals surface area contributed by atoms with Crippen LogP contribution in [0.3, 0.4) is 0 Å². The van der Waals surface area contributed by atoms with E-state index in [1.54, 1.807) is 29.9 Å². The molecule has 1 saturated heterocycles. The lowest BCUT2D eigenvalue weighted by atomic mass is 9.98. The molecule has 0 spiro atoms. The molecule has 1 aliphatic rings. The third-order valence-corrected chi connectivity index (χ3v) is 4.41. The number of carbonyl (C=O) groups excluding carboxylic acids is 1. The van der Waals surface area contributed by atoms with Crippen molar-refractivity contribution < 1.29 is 18.0 Å². The standard InChI is InChI=1S/C15H18F3N5O/c1-22-8-10(4-6-13(22)15(16,17)18)19-14(24)9-3-5-11-12(7-9)23(2)21-20-11/h3,5,7,10,13H,4,6,8H2,1-2H3,(H,19,24)/t10-,13+/m0/s1. The van der Waals surface area contributed by atoms with E-state index < -0.39 is 12.2 Å². The average molecular weight is 341 g/mol. The van der Waals surface area contributed by atoms with Gasteiger partial charge in [-0.25, -0.2) is 4.68 Å². The molecule has 0 radical (unpaired) electrons. The van der Waals surface area contributed by atoms with E-state index in [0.29, 0.717) is 17.5 Å². The second kappa shape index (κ2) is 6.04. The number of fused-ring (bicyclic) bond motifs is 1. The normalized spacial score (nSPS) is 22.7. The molecular weight excluding hydrogens is 323 g/mol. The van der Waals surface area contributed by atoms with Crippen molar-refractivity contribution in [3.05, 3.63) is 23.8 Å². The summed E-state index contributed by atoms with van der Waals surface area (Å²) < 4.78 is 40.1. The Morgan fingerprint density at radius 2 is 2.04 bits per heavy atom. The summed E-state index contributed by atoms with van der Waals surface area (Å²) in [6.45, 7) is 0.172. The highest BCUT2D eigenvalue weighted by Gasteiger charge is 2.44. The average Bonchev–Trinajstić information content (AvgIpc) is 2.87. The summed E-state index contributed by atoms with van der Waals surface area (Å²) in [5.74, 6) is -0.304. The van der Waals surface area contributed by atoms with E-state index in [-0.39, 0.29) is 24.9 Å². The molecule has 9 heteroatoms. The number of amides is 1. The van der Waals surface area contributed by atoms with Gasteiger partial charge in [-0.05, 0) is 38.1 Å². The van der Waals surface area contributed by atoms with Gasteiger partial charge in [0.2, 0.25) is 0 Å². The first kappa shape index (κ1) is 16.7. The first-order valence-corrected chi connectivity index (χ1v) is 7.63. The zero-order valence-electron chi connectivity index (χ0n) is 13.3. The summed E-state index contributed by atoms with van der Waals surface area (Å²) in [4.78, 5) is 13.6. The van der Waals surface area contributed by atoms with Crippen LogP contribution in [0.5, 0.6) is 0 Å². The molecule has 1 N–H and O–H groups in total. The van der Waals surface area contributed by atoms with Gasteiger partial charge >= 0.3 is 6.18 Å². The Bertz CT molecular complexity index is 757. The van der Waals surface area contributed by atoms with Gasteiger partial charge in [-0.1, -0.05) is 5.21 Å².